The summed E-state index contributed by atoms with van der Waals surface area (Å²) in [7, 11) is 0. The van der Waals surface area contributed by atoms with Crippen molar-refractivity contribution in [2.75, 3.05) is 4.90 Å². The Morgan fingerprint density at radius 1 is 0.778 bits per heavy atom. The van der Waals surface area contributed by atoms with Gasteiger partial charge in [-0.15, -0.1) is 0 Å². The van der Waals surface area contributed by atoms with Crippen molar-refractivity contribution in [2.24, 2.45) is 0 Å². The molecule has 1 aromatic heterocycles. The molecule has 5 rings (SSSR count). The summed E-state index contributed by atoms with van der Waals surface area (Å²) in [5, 5.41) is 1.96. The van der Waals surface area contributed by atoms with E-state index in [1.807, 2.05) is 12.1 Å². The lowest BCUT2D eigenvalue weighted by atomic mass is 9.66. The molecule has 2 nitrogen and oxygen atoms in total. The molecule has 36 heavy (non-hydrogen) atoms. The third-order valence-corrected chi connectivity index (χ3v) is 8.09. The maximum absolute atomic E-state index is 6.55. The molecule has 1 heterocycles. The van der Waals surface area contributed by atoms with Crippen LogP contribution in [-0.2, 0) is 16.2 Å². The Balaban J connectivity index is 1.73. The number of hydrogen-bond donors (Lipinski definition) is 0. The van der Waals surface area contributed by atoms with Crippen molar-refractivity contribution in [1.29, 1.82) is 0 Å². The SMILES string of the molecule is Cc1cc(Cl)cc(N(c2ccc(C(C)(C)C)cc2)c2ccc3oc4c(c3c2)C(C)(C)CCC4(C)C)c1. The van der Waals surface area contributed by atoms with Crippen molar-refractivity contribution < 1.29 is 4.42 Å². The van der Waals surface area contributed by atoms with Gasteiger partial charge in [0, 0.05) is 38.4 Å². The quantitative estimate of drug-likeness (QED) is 0.278. The number of halogens is 1. The summed E-state index contributed by atoms with van der Waals surface area (Å²) < 4.78 is 6.54. The van der Waals surface area contributed by atoms with Gasteiger partial charge in [0.1, 0.15) is 11.3 Å². The molecule has 0 amide bonds. The van der Waals surface area contributed by atoms with Crippen molar-refractivity contribution in [1.82, 2.24) is 0 Å². The topological polar surface area (TPSA) is 16.4 Å². The van der Waals surface area contributed by atoms with E-state index in [2.05, 4.69) is 109 Å². The van der Waals surface area contributed by atoms with Crippen LogP contribution in [0.4, 0.5) is 17.1 Å². The second-order valence-electron chi connectivity index (χ2n) is 12.9. The molecule has 0 N–H and O–H groups in total. The number of rotatable bonds is 3. The third kappa shape index (κ3) is 4.34. The number of hydrogen-bond acceptors (Lipinski definition) is 2. The van der Waals surface area contributed by atoms with Gasteiger partial charge in [0.15, 0.2) is 0 Å². The first-order valence-corrected chi connectivity index (χ1v) is 13.4. The fraction of sp³-hybridized carbons (Fsp3) is 0.394. The number of benzene rings is 3. The van der Waals surface area contributed by atoms with E-state index < -0.39 is 0 Å². The molecule has 1 aliphatic carbocycles. The van der Waals surface area contributed by atoms with Crippen LogP contribution in [0, 0.1) is 6.92 Å². The Morgan fingerprint density at radius 3 is 2.06 bits per heavy atom. The Bertz CT molecular complexity index is 1410. The first-order chi connectivity index (χ1) is 16.8. The molecule has 0 saturated carbocycles. The summed E-state index contributed by atoms with van der Waals surface area (Å²) in [4.78, 5) is 2.31. The van der Waals surface area contributed by atoms with Gasteiger partial charge in [0.05, 0.1) is 0 Å². The van der Waals surface area contributed by atoms with E-state index in [9.17, 15) is 0 Å². The zero-order valence-corrected chi connectivity index (χ0v) is 23.7. The van der Waals surface area contributed by atoms with E-state index in [4.69, 9.17) is 16.0 Å². The number of furan rings is 1. The van der Waals surface area contributed by atoms with Crippen molar-refractivity contribution in [2.45, 2.75) is 84.5 Å². The Morgan fingerprint density at radius 2 is 1.42 bits per heavy atom. The monoisotopic (exact) mass is 499 g/mol. The molecule has 1 aliphatic rings. The van der Waals surface area contributed by atoms with Gasteiger partial charge in [-0.1, -0.05) is 72.2 Å². The van der Waals surface area contributed by atoms with E-state index in [0.29, 0.717) is 0 Å². The molecular formula is C33H38ClNO. The maximum atomic E-state index is 6.55. The van der Waals surface area contributed by atoms with E-state index in [1.165, 1.54) is 16.5 Å². The summed E-state index contributed by atoms with van der Waals surface area (Å²) in [5.74, 6) is 1.14. The number of fused-ring (bicyclic) bond motifs is 3. The van der Waals surface area contributed by atoms with Gasteiger partial charge in [-0.05, 0) is 90.3 Å². The zero-order valence-electron chi connectivity index (χ0n) is 22.9. The van der Waals surface area contributed by atoms with Gasteiger partial charge in [-0.2, -0.15) is 0 Å². The molecule has 0 spiro atoms. The van der Waals surface area contributed by atoms with Crippen molar-refractivity contribution in [3.05, 3.63) is 88.1 Å². The van der Waals surface area contributed by atoms with E-state index in [-0.39, 0.29) is 16.2 Å². The van der Waals surface area contributed by atoms with E-state index in [1.54, 1.807) is 0 Å². The Kier molecular flexibility index (Phi) is 5.84. The van der Waals surface area contributed by atoms with Gasteiger partial charge in [0.2, 0.25) is 0 Å². The molecule has 0 aliphatic heterocycles. The van der Waals surface area contributed by atoms with Gasteiger partial charge in [-0.25, -0.2) is 0 Å². The molecule has 3 heteroatoms. The predicted molar refractivity (Wildman–Crippen MR) is 155 cm³/mol. The average Bonchev–Trinajstić information content (AvgIpc) is 3.18. The fourth-order valence-electron chi connectivity index (χ4n) is 5.64. The molecule has 0 unspecified atom stereocenters. The van der Waals surface area contributed by atoms with Crippen molar-refractivity contribution in [3.8, 4) is 0 Å². The molecule has 3 aromatic carbocycles. The average molecular weight is 500 g/mol. The van der Waals surface area contributed by atoms with Crippen LogP contribution in [0.2, 0.25) is 5.02 Å². The highest BCUT2D eigenvalue weighted by atomic mass is 35.5. The van der Waals surface area contributed by atoms with Crippen LogP contribution in [0.3, 0.4) is 0 Å². The smallest absolute Gasteiger partial charge is 0.134 e. The highest BCUT2D eigenvalue weighted by molar-refractivity contribution is 6.31. The summed E-state index contributed by atoms with van der Waals surface area (Å²) in [6.07, 6.45) is 2.28. The Labute approximate surface area is 221 Å². The first kappa shape index (κ1) is 25.0. The highest BCUT2D eigenvalue weighted by Crippen LogP contribution is 2.51. The van der Waals surface area contributed by atoms with Crippen LogP contribution in [-0.4, -0.2) is 0 Å². The second-order valence-corrected chi connectivity index (χ2v) is 13.3. The predicted octanol–water partition coefficient (Wildman–Crippen LogP) is 10.5. The normalized spacial score (nSPS) is 16.7. The van der Waals surface area contributed by atoms with Crippen LogP contribution in [0.25, 0.3) is 11.0 Å². The van der Waals surface area contributed by atoms with Crippen molar-refractivity contribution in [3.63, 3.8) is 0 Å². The second kappa shape index (κ2) is 8.42. The lowest BCUT2D eigenvalue weighted by Gasteiger charge is -2.38. The highest BCUT2D eigenvalue weighted by Gasteiger charge is 2.41. The standard InChI is InChI=1S/C33H38ClNO/c1-21-17-23(34)19-26(18-21)35(24-11-9-22(10-12-24)31(2,3)4)25-13-14-28-27(20-25)29-30(36-28)33(7,8)16-15-32(29,5)6/h9-14,17-20H,15-16H2,1-8H3. The molecule has 0 fully saturated rings. The maximum Gasteiger partial charge on any atom is 0.134 e. The Hall–Kier alpha value is -2.71. The summed E-state index contributed by atoms with van der Waals surface area (Å²) in [6.45, 7) is 18.2. The minimum atomic E-state index is 0.0383. The van der Waals surface area contributed by atoms with E-state index in [0.717, 1.165) is 51.8 Å². The van der Waals surface area contributed by atoms with Gasteiger partial charge in [0.25, 0.3) is 0 Å². The summed E-state index contributed by atoms with van der Waals surface area (Å²) in [5.41, 5.74) is 8.27. The van der Waals surface area contributed by atoms with Gasteiger partial charge >= 0.3 is 0 Å². The zero-order chi connectivity index (χ0) is 26.0. The summed E-state index contributed by atoms with van der Waals surface area (Å²) >= 11 is 6.55. The molecule has 0 radical (unpaired) electrons. The van der Waals surface area contributed by atoms with Crippen LogP contribution < -0.4 is 4.90 Å². The molecule has 0 saturated heterocycles. The number of nitrogens with zero attached hydrogens (tertiary/aromatic N) is 1. The van der Waals surface area contributed by atoms with Crippen LogP contribution in [0.15, 0.2) is 65.1 Å². The number of aryl methyl sites for hydroxylation is 1. The van der Waals surface area contributed by atoms with Gasteiger partial charge < -0.3 is 9.32 Å². The lowest BCUT2D eigenvalue weighted by Crippen LogP contribution is -2.32. The largest absolute Gasteiger partial charge is 0.460 e. The first-order valence-electron chi connectivity index (χ1n) is 13.0. The van der Waals surface area contributed by atoms with Crippen LogP contribution in [0.1, 0.15) is 83.8 Å². The fourth-order valence-corrected chi connectivity index (χ4v) is 5.92. The summed E-state index contributed by atoms with van der Waals surface area (Å²) in [6, 6.07) is 21.8. The minimum absolute atomic E-state index is 0.0383. The molecule has 0 bridgehead atoms. The van der Waals surface area contributed by atoms with Gasteiger partial charge in [-0.3, -0.25) is 0 Å². The van der Waals surface area contributed by atoms with E-state index >= 15 is 0 Å². The van der Waals surface area contributed by atoms with Crippen molar-refractivity contribution >= 4 is 39.6 Å². The molecule has 4 aromatic rings. The molecular weight excluding hydrogens is 462 g/mol. The van der Waals surface area contributed by atoms with Crippen LogP contribution >= 0.6 is 11.6 Å². The lowest BCUT2D eigenvalue weighted by molar-refractivity contribution is 0.284. The molecule has 188 valence electrons. The third-order valence-electron chi connectivity index (χ3n) is 7.87. The minimum Gasteiger partial charge on any atom is -0.460 e. The van der Waals surface area contributed by atoms with Crippen LogP contribution in [0.5, 0.6) is 0 Å². The molecule has 0 atom stereocenters. The number of anilines is 3.